The molecule has 0 aliphatic carbocycles. The van der Waals surface area contributed by atoms with Crippen LogP contribution < -0.4 is 4.90 Å². The molecule has 106 valence electrons. The molecule has 2 rings (SSSR count). The van der Waals surface area contributed by atoms with Gasteiger partial charge in [0.25, 0.3) is 0 Å². The minimum Gasteiger partial charge on any atom is -0.461 e. The monoisotopic (exact) mass is 283 g/mol. The summed E-state index contributed by atoms with van der Waals surface area (Å²) in [6.07, 6.45) is 1.13. The van der Waals surface area contributed by atoms with Crippen LogP contribution in [0.2, 0.25) is 0 Å². The predicted molar refractivity (Wildman–Crippen MR) is 77.0 cm³/mol. The van der Waals surface area contributed by atoms with Gasteiger partial charge in [-0.05, 0) is 20.4 Å². The molecule has 0 N–H and O–H groups in total. The third kappa shape index (κ3) is 3.25. The van der Waals surface area contributed by atoms with Crippen LogP contribution in [0.1, 0.15) is 30.8 Å². The highest BCUT2D eigenvalue weighted by Gasteiger charge is 2.25. The van der Waals surface area contributed by atoms with Crippen LogP contribution in [0.15, 0.2) is 5.38 Å². The Hall–Kier alpha value is -1.14. The Bertz CT molecular complexity index is 435. The first kappa shape index (κ1) is 14.3. The molecule has 1 fully saturated rings. The lowest BCUT2D eigenvalue weighted by atomic mass is 10.1. The largest absolute Gasteiger partial charge is 0.461 e. The maximum Gasteiger partial charge on any atom is 0.357 e. The molecule has 1 saturated heterocycles. The number of hydrogen-bond donors (Lipinski definition) is 0. The van der Waals surface area contributed by atoms with Crippen LogP contribution >= 0.6 is 11.3 Å². The molecule has 6 heteroatoms. The number of esters is 1. The van der Waals surface area contributed by atoms with Gasteiger partial charge in [-0.15, -0.1) is 11.3 Å². The van der Waals surface area contributed by atoms with Crippen molar-refractivity contribution in [1.82, 2.24) is 9.88 Å². The second-order valence-corrected chi connectivity index (χ2v) is 5.56. The molecule has 0 radical (unpaired) electrons. The number of anilines is 1. The Balaban J connectivity index is 2.04. The van der Waals surface area contributed by atoms with Gasteiger partial charge < -0.3 is 9.64 Å². The second kappa shape index (κ2) is 6.34. The van der Waals surface area contributed by atoms with E-state index in [0.717, 1.165) is 31.2 Å². The average Bonchev–Trinajstić information content (AvgIpc) is 2.89. The first-order valence-corrected chi connectivity index (χ1v) is 7.61. The van der Waals surface area contributed by atoms with E-state index in [1.807, 2.05) is 0 Å². The molecule has 0 spiro atoms. The van der Waals surface area contributed by atoms with Crippen molar-refractivity contribution < 1.29 is 9.53 Å². The second-order valence-electron chi connectivity index (χ2n) is 4.72. The van der Waals surface area contributed by atoms with Crippen molar-refractivity contribution in [3.8, 4) is 0 Å². The Morgan fingerprint density at radius 2 is 2.32 bits per heavy atom. The number of rotatable bonds is 4. The summed E-state index contributed by atoms with van der Waals surface area (Å²) < 4.78 is 4.97. The lowest BCUT2D eigenvalue weighted by Crippen LogP contribution is -2.51. The van der Waals surface area contributed by atoms with Crippen molar-refractivity contribution >= 4 is 22.4 Å². The Morgan fingerprint density at radius 1 is 1.53 bits per heavy atom. The van der Waals surface area contributed by atoms with Crippen LogP contribution in [-0.2, 0) is 4.74 Å². The average molecular weight is 283 g/mol. The number of piperazine rings is 1. The molecule has 0 aromatic carbocycles. The van der Waals surface area contributed by atoms with E-state index in [4.69, 9.17) is 4.74 Å². The van der Waals surface area contributed by atoms with E-state index in [9.17, 15) is 4.79 Å². The molecule has 0 amide bonds. The van der Waals surface area contributed by atoms with Crippen LogP contribution in [0.3, 0.4) is 0 Å². The number of nitrogens with zero attached hydrogens (tertiary/aromatic N) is 3. The first-order chi connectivity index (χ1) is 9.15. The van der Waals surface area contributed by atoms with Crippen LogP contribution in [0, 0.1) is 0 Å². The Morgan fingerprint density at radius 3 is 3.00 bits per heavy atom. The van der Waals surface area contributed by atoms with Crippen molar-refractivity contribution in [3.63, 3.8) is 0 Å². The highest BCUT2D eigenvalue weighted by Crippen LogP contribution is 2.24. The lowest BCUT2D eigenvalue weighted by molar-refractivity contribution is 0.0520. The third-order valence-corrected chi connectivity index (χ3v) is 4.40. The smallest absolute Gasteiger partial charge is 0.357 e. The topological polar surface area (TPSA) is 45.7 Å². The summed E-state index contributed by atoms with van der Waals surface area (Å²) in [6.45, 7) is 7.37. The Labute approximate surface area is 118 Å². The number of aromatic nitrogens is 1. The van der Waals surface area contributed by atoms with Gasteiger partial charge in [-0.1, -0.05) is 6.92 Å². The molecular formula is C13H21N3O2S. The molecule has 2 heterocycles. The number of hydrogen-bond acceptors (Lipinski definition) is 6. The van der Waals surface area contributed by atoms with Gasteiger partial charge in [-0.3, -0.25) is 4.90 Å². The maximum absolute atomic E-state index is 11.6. The van der Waals surface area contributed by atoms with Crippen molar-refractivity contribution in [3.05, 3.63) is 11.1 Å². The number of carbonyl (C=O) groups excluding carboxylic acids is 1. The van der Waals surface area contributed by atoms with Gasteiger partial charge in [0.05, 0.1) is 6.61 Å². The molecule has 1 atom stereocenters. The summed E-state index contributed by atoms with van der Waals surface area (Å²) in [5, 5.41) is 2.71. The molecule has 0 bridgehead atoms. The maximum atomic E-state index is 11.6. The molecule has 5 nitrogen and oxygen atoms in total. The van der Waals surface area contributed by atoms with Gasteiger partial charge in [0.15, 0.2) is 10.8 Å². The normalized spacial score (nSPS) is 20.6. The summed E-state index contributed by atoms with van der Waals surface area (Å²) >= 11 is 1.52. The predicted octanol–water partition coefficient (Wildman–Crippen LogP) is 1.85. The Kier molecular flexibility index (Phi) is 4.76. The zero-order chi connectivity index (χ0) is 13.8. The zero-order valence-corrected chi connectivity index (χ0v) is 12.6. The van der Waals surface area contributed by atoms with Crippen molar-refractivity contribution in [2.75, 3.05) is 38.2 Å². The highest BCUT2D eigenvalue weighted by molar-refractivity contribution is 7.13. The van der Waals surface area contributed by atoms with Crippen LogP contribution in [0.5, 0.6) is 0 Å². The SMILES string of the molecule is CCOC(=O)c1csc(N2CCN(C)C(CC)C2)n1. The molecule has 1 aromatic rings. The molecule has 1 unspecified atom stereocenters. The highest BCUT2D eigenvalue weighted by atomic mass is 32.1. The molecule has 1 aliphatic rings. The van der Waals surface area contributed by atoms with E-state index in [1.54, 1.807) is 12.3 Å². The quantitative estimate of drug-likeness (QED) is 0.789. The summed E-state index contributed by atoms with van der Waals surface area (Å²) in [7, 11) is 2.16. The lowest BCUT2D eigenvalue weighted by Gasteiger charge is -2.38. The fourth-order valence-electron chi connectivity index (χ4n) is 2.27. The van der Waals surface area contributed by atoms with Crippen molar-refractivity contribution in [1.29, 1.82) is 0 Å². The minimum atomic E-state index is -0.328. The van der Waals surface area contributed by atoms with Crippen LogP contribution in [0.4, 0.5) is 5.13 Å². The van der Waals surface area contributed by atoms with Gasteiger partial charge in [0.2, 0.25) is 0 Å². The van der Waals surface area contributed by atoms with E-state index in [0.29, 0.717) is 18.3 Å². The van der Waals surface area contributed by atoms with Gasteiger partial charge in [-0.2, -0.15) is 0 Å². The van der Waals surface area contributed by atoms with Crippen molar-refractivity contribution in [2.45, 2.75) is 26.3 Å². The molecule has 1 aromatic heterocycles. The van der Waals surface area contributed by atoms with E-state index >= 15 is 0 Å². The zero-order valence-electron chi connectivity index (χ0n) is 11.8. The van der Waals surface area contributed by atoms with E-state index < -0.39 is 0 Å². The molecule has 19 heavy (non-hydrogen) atoms. The molecule has 1 aliphatic heterocycles. The number of ether oxygens (including phenoxy) is 1. The first-order valence-electron chi connectivity index (χ1n) is 6.73. The molecule has 0 saturated carbocycles. The fraction of sp³-hybridized carbons (Fsp3) is 0.692. The number of thiazole rings is 1. The number of likely N-dealkylation sites (N-methyl/N-ethyl adjacent to an activating group) is 1. The summed E-state index contributed by atoms with van der Waals surface area (Å²) in [6, 6.07) is 0.559. The van der Waals surface area contributed by atoms with E-state index in [2.05, 4.69) is 28.8 Å². The van der Waals surface area contributed by atoms with Crippen molar-refractivity contribution in [2.24, 2.45) is 0 Å². The standard InChI is InChI=1S/C13H21N3O2S/c1-4-10-8-16(7-6-15(10)3)13-14-11(9-19-13)12(17)18-5-2/h9-10H,4-8H2,1-3H3. The van der Waals surface area contributed by atoms with Crippen LogP contribution in [0.25, 0.3) is 0 Å². The summed E-state index contributed by atoms with van der Waals surface area (Å²) in [5.41, 5.74) is 0.425. The van der Waals surface area contributed by atoms with Gasteiger partial charge in [0.1, 0.15) is 0 Å². The fourth-order valence-corrected chi connectivity index (χ4v) is 3.10. The summed E-state index contributed by atoms with van der Waals surface area (Å²) in [4.78, 5) is 20.7. The molecular weight excluding hydrogens is 262 g/mol. The van der Waals surface area contributed by atoms with Crippen LogP contribution in [-0.4, -0.2) is 55.2 Å². The van der Waals surface area contributed by atoms with Gasteiger partial charge in [0, 0.05) is 31.1 Å². The van der Waals surface area contributed by atoms with Gasteiger partial charge in [-0.25, -0.2) is 9.78 Å². The number of carbonyl (C=O) groups is 1. The van der Waals surface area contributed by atoms with Gasteiger partial charge >= 0.3 is 5.97 Å². The van der Waals surface area contributed by atoms with E-state index in [1.165, 1.54) is 11.3 Å². The minimum absolute atomic E-state index is 0.328. The third-order valence-electron chi connectivity index (χ3n) is 3.50. The summed E-state index contributed by atoms with van der Waals surface area (Å²) in [5.74, 6) is -0.328. The van der Waals surface area contributed by atoms with E-state index in [-0.39, 0.29) is 5.97 Å².